The van der Waals surface area contributed by atoms with E-state index in [0.717, 1.165) is 39.7 Å². The summed E-state index contributed by atoms with van der Waals surface area (Å²) in [5.74, 6) is 3.99. The Morgan fingerprint density at radius 2 is 1.62 bits per heavy atom. The summed E-state index contributed by atoms with van der Waals surface area (Å²) in [4.78, 5) is 4.88. The van der Waals surface area contributed by atoms with Crippen LogP contribution < -0.4 is 4.74 Å². The molecular weight excluding hydrogens is 576 g/mol. The van der Waals surface area contributed by atoms with Crippen LogP contribution in [0.15, 0.2) is 96.7 Å². The number of nitrogens with zero attached hydrogens (tertiary/aromatic N) is 4. The quantitative estimate of drug-likeness (QED) is 0.166. The Balaban J connectivity index is 1.27. The normalized spacial score (nSPS) is 17.1. The molecule has 0 fully saturated rings. The monoisotopic (exact) mass is 622 g/mol. The molecule has 0 N–H and O–H groups in total. The highest BCUT2D eigenvalue weighted by molar-refractivity contribution is 6.09. The van der Waals surface area contributed by atoms with Crippen molar-refractivity contribution in [3.8, 4) is 23.0 Å². The molecule has 0 spiro atoms. The first-order chi connectivity index (χ1) is 22.5. The summed E-state index contributed by atoms with van der Waals surface area (Å²) in [7, 11) is 0. The van der Waals surface area contributed by atoms with Gasteiger partial charge in [0.2, 0.25) is 0 Å². The van der Waals surface area contributed by atoms with Crippen molar-refractivity contribution in [3.63, 3.8) is 0 Å². The van der Waals surface area contributed by atoms with Crippen molar-refractivity contribution in [3.05, 3.63) is 119 Å². The fourth-order valence-corrected chi connectivity index (χ4v) is 7.54. The number of fused-ring (bicyclic) bond motifs is 3. The van der Waals surface area contributed by atoms with Gasteiger partial charge in [0.05, 0.1) is 22.4 Å². The smallest absolute Gasteiger partial charge is 0.137 e. The predicted molar refractivity (Wildman–Crippen MR) is 194 cm³/mol. The second kappa shape index (κ2) is 11.9. The van der Waals surface area contributed by atoms with E-state index in [2.05, 4.69) is 144 Å². The van der Waals surface area contributed by atoms with Crippen molar-refractivity contribution in [1.82, 2.24) is 19.3 Å². The number of para-hydroxylation sites is 1. The molecule has 2 atom stereocenters. The first kappa shape index (κ1) is 31.0. The van der Waals surface area contributed by atoms with E-state index in [1.165, 1.54) is 46.0 Å². The van der Waals surface area contributed by atoms with Gasteiger partial charge in [-0.25, -0.2) is 9.67 Å². The van der Waals surface area contributed by atoms with Crippen molar-refractivity contribution in [1.29, 1.82) is 0 Å². The lowest BCUT2D eigenvalue weighted by Crippen LogP contribution is -2.24. The first-order valence-electron chi connectivity index (χ1n) is 17.1. The Morgan fingerprint density at radius 1 is 0.851 bits per heavy atom. The molecule has 0 amide bonds. The molecule has 3 aromatic carbocycles. The van der Waals surface area contributed by atoms with Crippen LogP contribution in [0.2, 0.25) is 0 Å². The predicted octanol–water partition coefficient (Wildman–Crippen LogP) is 11.2. The third-order valence-electron chi connectivity index (χ3n) is 10.9. The minimum absolute atomic E-state index is 0.0200. The zero-order valence-corrected chi connectivity index (χ0v) is 29.0. The molecule has 47 heavy (non-hydrogen) atoms. The Hall–Kier alpha value is -4.64. The SMILES string of the molecule is CC1=CCC[C@H](C)C1c1c(C)nn(-c2cccc(Oc3ccc4c5ccccc5n(-c5cc(C(C)(C)C(C)C)ccn5)c4c3)c2)c1C. The molecule has 7 rings (SSSR count). The lowest BCUT2D eigenvalue weighted by molar-refractivity contribution is 0.372. The summed E-state index contributed by atoms with van der Waals surface area (Å²) in [5.41, 5.74) is 9.64. The molecule has 0 radical (unpaired) electrons. The van der Waals surface area contributed by atoms with Crippen LogP contribution in [-0.4, -0.2) is 19.3 Å². The standard InChI is InChI=1S/C42H46N4O/c1-26(2)42(7,8)31-21-22-43-39(23-31)45-37-18-10-9-17-35(37)36-20-19-34(25-38(36)45)47-33-16-12-15-32(24-33)46-30(6)41(29(5)44-46)40-27(3)13-11-14-28(40)4/h9-10,12-13,15-26,28,40H,11,14H2,1-8H3/t28-,40?/m0/s1. The van der Waals surface area contributed by atoms with Crippen molar-refractivity contribution in [2.75, 3.05) is 0 Å². The lowest BCUT2D eigenvalue weighted by atomic mass is 9.75. The molecule has 5 nitrogen and oxygen atoms in total. The summed E-state index contributed by atoms with van der Waals surface area (Å²) in [6.45, 7) is 18.2. The number of hydrogen-bond donors (Lipinski definition) is 0. The molecule has 0 saturated carbocycles. The number of allylic oxidation sites excluding steroid dienone is 2. The fraction of sp³-hybridized carbons (Fsp3) is 0.333. The van der Waals surface area contributed by atoms with Crippen molar-refractivity contribution >= 4 is 21.8 Å². The highest BCUT2D eigenvalue weighted by atomic mass is 16.5. The number of rotatable bonds is 7. The molecule has 1 unspecified atom stereocenters. The van der Waals surface area contributed by atoms with Crippen molar-refractivity contribution in [2.45, 2.75) is 79.6 Å². The zero-order valence-electron chi connectivity index (χ0n) is 29.0. The average Bonchev–Trinajstić information content (AvgIpc) is 3.54. The number of ether oxygens (including phenoxy) is 1. The minimum Gasteiger partial charge on any atom is -0.457 e. The molecule has 0 saturated heterocycles. The van der Waals surface area contributed by atoms with Gasteiger partial charge in [-0.1, -0.05) is 70.5 Å². The van der Waals surface area contributed by atoms with E-state index in [0.29, 0.717) is 17.8 Å². The Morgan fingerprint density at radius 3 is 2.40 bits per heavy atom. The number of pyridine rings is 1. The van der Waals surface area contributed by atoms with Gasteiger partial charge in [-0.2, -0.15) is 5.10 Å². The summed E-state index contributed by atoms with van der Waals surface area (Å²) in [5, 5.41) is 7.41. The van der Waals surface area contributed by atoms with Gasteiger partial charge in [-0.05, 0) is 98.9 Å². The van der Waals surface area contributed by atoms with E-state index >= 15 is 0 Å². The molecule has 5 heteroatoms. The molecule has 3 heterocycles. The zero-order chi connectivity index (χ0) is 33.0. The van der Waals surface area contributed by atoms with Gasteiger partial charge in [-0.3, -0.25) is 4.57 Å². The molecular formula is C42H46N4O. The van der Waals surface area contributed by atoms with Gasteiger partial charge in [0, 0.05) is 46.3 Å². The van der Waals surface area contributed by atoms with Gasteiger partial charge >= 0.3 is 0 Å². The Labute approximate surface area is 278 Å². The summed E-state index contributed by atoms with van der Waals surface area (Å²) < 4.78 is 10.9. The number of aromatic nitrogens is 4. The van der Waals surface area contributed by atoms with Crippen molar-refractivity contribution in [2.24, 2.45) is 11.8 Å². The topological polar surface area (TPSA) is 44.9 Å². The maximum absolute atomic E-state index is 6.59. The van der Waals surface area contributed by atoms with Crippen LogP contribution in [0.25, 0.3) is 33.3 Å². The van der Waals surface area contributed by atoms with Gasteiger partial charge in [-0.15, -0.1) is 0 Å². The maximum atomic E-state index is 6.59. The third-order valence-corrected chi connectivity index (χ3v) is 10.9. The summed E-state index contributed by atoms with van der Waals surface area (Å²) in [6.07, 6.45) is 6.74. The van der Waals surface area contributed by atoms with Crippen LogP contribution in [0, 0.1) is 25.7 Å². The molecule has 3 aromatic heterocycles. The average molecular weight is 623 g/mol. The maximum Gasteiger partial charge on any atom is 0.137 e. The molecule has 0 aliphatic heterocycles. The van der Waals surface area contributed by atoms with Crippen LogP contribution in [0.1, 0.15) is 82.8 Å². The fourth-order valence-electron chi connectivity index (χ4n) is 7.54. The third kappa shape index (κ3) is 5.36. The molecule has 1 aliphatic rings. The van der Waals surface area contributed by atoms with Crippen LogP contribution in [0.3, 0.4) is 0 Å². The highest BCUT2D eigenvalue weighted by Crippen LogP contribution is 2.42. The van der Waals surface area contributed by atoms with Crippen LogP contribution in [-0.2, 0) is 5.41 Å². The van der Waals surface area contributed by atoms with Gasteiger partial charge in [0.1, 0.15) is 17.3 Å². The van der Waals surface area contributed by atoms with E-state index < -0.39 is 0 Å². The number of hydrogen-bond acceptors (Lipinski definition) is 3. The van der Waals surface area contributed by atoms with E-state index in [4.69, 9.17) is 14.8 Å². The highest BCUT2D eigenvalue weighted by Gasteiger charge is 2.30. The Bertz CT molecular complexity index is 2140. The minimum atomic E-state index is 0.0200. The Kier molecular flexibility index (Phi) is 7.82. The molecule has 240 valence electrons. The lowest BCUT2D eigenvalue weighted by Gasteiger charge is -2.30. The van der Waals surface area contributed by atoms with Crippen LogP contribution >= 0.6 is 0 Å². The van der Waals surface area contributed by atoms with Crippen LogP contribution in [0.4, 0.5) is 0 Å². The molecule has 6 aromatic rings. The number of benzene rings is 3. The van der Waals surface area contributed by atoms with E-state index in [1.807, 2.05) is 12.3 Å². The van der Waals surface area contributed by atoms with Crippen molar-refractivity contribution < 1.29 is 4.74 Å². The van der Waals surface area contributed by atoms with Gasteiger partial charge < -0.3 is 4.74 Å². The first-order valence-corrected chi connectivity index (χ1v) is 17.1. The summed E-state index contributed by atoms with van der Waals surface area (Å²) in [6, 6.07) is 27.6. The van der Waals surface area contributed by atoms with Gasteiger partial charge in [0.15, 0.2) is 0 Å². The van der Waals surface area contributed by atoms with E-state index in [1.54, 1.807) is 0 Å². The number of aryl methyl sites for hydroxylation is 1. The second-order valence-electron chi connectivity index (χ2n) is 14.4. The second-order valence-corrected chi connectivity index (χ2v) is 14.4. The van der Waals surface area contributed by atoms with E-state index in [-0.39, 0.29) is 5.41 Å². The van der Waals surface area contributed by atoms with Gasteiger partial charge in [0.25, 0.3) is 0 Å². The summed E-state index contributed by atoms with van der Waals surface area (Å²) >= 11 is 0. The molecule has 0 bridgehead atoms. The van der Waals surface area contributed by atoms with E-state index in [9.17, 15) is 0 Å². The van der Waals surface area contributed by atoms with Crippen LogP contribution in [0.5, 0.6) is 11.5 Å². The largest absolute Gasteiger partial charge is 0.457 e. The molecule has 1 aliphatic carbocycles.